The second kappa shape index (κ2) is 6.56. The number of nitrogens with zero attached hydrogens (tertiary/aromatic N) is 3. The van der Waals surface area contributed by atoms with Gasteiger partial charge < -0.3 is 5.32 Å². The molecule has 1 N–H and O–H groups in total. The van der Waals surface area contributed by atoms with Crippen LogP contribution in [0.3, 0.4) is 0 Å². The zero-order valence-corrected chi connectivity index (χ0v) is 16.6. The molecule has 1 aromatic heterocycles. The number of hydrogen-bond donors (Lipinski definition) is 1. The Hall–Kier alpha value is -2.99. The van der Waals surface area contributed by atoms with Gasteiger partial charge in [0, 0.05) is 27.6 Å². The molecule has 3 aromatic rings. The molecule has 1 amide bonds. The molecule has 0 saturated carbocycles. The van der Waals surface area contributed by atoms with Crippen LogP contribution in [0.2, 0.25) is 0 Å². The minimum absolute atomic E-state index is 0.0304. The van der Waals surface area contributed by atoms with Gasteiger partial charge in [-0.05, 0) is 33.9 Å². The molecule has 144 valence electrons. The molecule has 2 aromatic carbocycles. The van der Waals surface area contributed by atoms with Crippen molar-refractivity contribution in [2.24, 2.45) is 0 Å². The Kier molecular flexibility index (Phi) is 4.31. The monoisotopic (exact) mass is 376 g/mol. The van der Waals surface area contributed by atoms with Crippen molar-refractivity contribution >= 4 is 22.6 Å². The van der Waals surface area contributed by atoms with Gasteiger partial charge in [-0.1, -0.05) is 36.4 Å². The molecule has 4 rings (SSSR count). The summed E-state index contributed by atoms with van der Waals surface area (Å²) in [6.45, 7) is 6.61. The number of rotatable bonds is 4. The van der Waals surface area contributed by atoms with E-state index in [2.05, 4.69) is 5.32 Å². The topological polar surface area (TPSA) is 67.2 Å². The highest BCUT2D eigenvalue weighted by atomic mass is 16.2. The largest absolute Gasteiger partial charge is 0.350 e. The normalized spacial score (nSPS) is 13.1. The molecule has 0 fully saturated rings. The summed E-state index contributed by atoms with van der Waals surface area (Å²) in [7, 11) is 1.89. The van der Waals surface area contributed by atoms with Gasteiger partial charge in [0.2, 0.25) is 5.91 Å². The first-order valence-electron chi connectivity index (χ1n) is 9.38. The van der Waals surface area contributed by atoms with Crippen molar-refractivity contribution in [3.63, 3.8) is 0 Å². The number of fused-ring (bicyclic) bond motifs is 2. The molecule has 0 unspecified atom stereocenters. The molecule has 0 radical (unpaired) electrons. The molecule has 1 aliphatic rings. The van der Waals surface area contributed by atoms with Crippen LogP contribution < -0.4 is 5.32 Å². The maximum Gasteiger partial charge on any atom is 0.234 e. The molecule has 6 heteroatoms. The van der Waals surface area contributed by atoms with Crippen LogP contribution >= 0.6 is 0 Å². The van der Waals surface area contributed by atoms with E-state index in [9.17, 15) is 9.59 Å². The van der Waals surface area contributed by atoms with Crippen LogP contribution in [0, 0.1) is 0 Å². The standard InChI is InChI=1S/C22H24N4O2/c1-22(2,3)23-18(27)12-25(4)13-26-17-11-7-10-16-19(17)20(24-26)14-8-5-6-9-15(14)21(16)28/h5-11H,12-13H2,1-4H3,(H,23,27). The fourth-order valence-corrected chi connectivity index (χ4v) is 3.73. The van der Waals surface area contributed by atoms with Crippen molar-refractivity contribution in [1.29, 1.82) is 0 Å². The minimum atomic E-state index is -0.263. The summed E-state index contributed by atoms with van der Waals surface area (Å²) in [6, 6.07) is 13.3. The average molecular weight is 376 g/mol. The number of carbonyl (C=O) groups is 2. The van der Waals surface area contributed by atoms with E-state index >= 15 is 0 Å². The van der Waals surface area contributed by atoms with E-state index in [0.29, 0.717) is 17.8 Å². The maximum atomic E-state index is 12.9. The predicted molar refractivity (Wildman–Crippen MR) is 109 cm³/mol. The highest BCUT2D eigenvalue weighted by Gasteiger charge is 2.28. The average Bonchev–Trinajstić information content (AvgIpc) is 2.97. The van der Waals surface area contributed by atoms with Crippen molar-refractivity contribution in [2.75, 3.05) is 13.6 Å². The van der Waals surface area contributed by atoms with E-state index in [4.69, 9.17) is 5.10 Å². The Morgan fingerprint density at radius 2 is 1.75 bits per heavy atom. The number of hydrogen-bond acceptors (Lipinski definition) is 4. The van der Waals surface area contributed by atoms with Crippen LogP contribution in [0.4, 0.5) is 0 Å². The van der Waals surface area contributed by atoms with Gasteiger partial charge in [-0.3, -0.25) is 14.5 Å². The Morgan fingerprint density at radius 3 is 2.46 bits per heavy atom. The molecule has 0 atom stereocenters. The fourth-order valence-electron chi connectivity index (χ4n) is 3.73. The number of ketones is 1. The third kappa shape index (κ3) is 3.20. The predicted octanol–water partition coefficient (Wildman–Crippen LogP) is 3.05. The first-order chi connectivity index (χ1) is 13.2. The molecule has 0 spiro atoms. The first-order valence-corrected chi connectivity index (χ1v) is 9.38. The number of benzene rings is 2. The highest BCUT2D eigenvalue weighted by Crippen LogP contribution is 2.38. The quantitative estimate of drug-likeness (QED) is 0.594. The molecule has 1 heterocycles. The number of aromatic nitrogens is 2. The lowest BCUT2D eigenvalue weighted by Gasteiger charge is -2.23. The Bertz CT molecular complexity index is 1090. The number of likely N-dealkylation sites (N-methyl/N-ethyl adjacent to an activating group) is 1. The van der Waals surface area contributed by atoms with Gasteiger partial charge >= 0.3 is 0 Å². The van der Waals surface area contributed by atoms with Crippen molar-refractivity contribution in [2.45, 2.75) is 33.0 Å². The van der Waals surface area contributed by atoms with Crippen molar-refractivity contribution in [3.05, 3.63) is 53.6 Å². The molecular weight excluding hydrogens is 352 g/mol. The zero-order valence-electron chi connectivity index (χ0n) is 16.6. The molecular formula is C22H24N4O2. The Morgan fingerprint density at radius 1 is 1.07 bits per heavy atom. The van der Waals surface area contributed by atoms with Gasteiger partial charge in [-0.2, -0.15) is 5.10 Å². The second-order valence-corrected chi connectivity index (χ2v) is 8.38. The van der Waals surface area contributed by atoms with Gasteiger partial charge in [0.25, 0.3) is 0 Å². The number of nitrogens with one attached hydrogen (secondary N) is 1. The van der Waals surface area contributed by atoms with Gasteiger partial charge in [0.05, 0.1) is 18.7 Å². The summed E-state index contributed by atoms with van der Waals surface area (Å²) < 4.78 is 1.87. The van der Waals surface area contributed by atoms with Crippen LogP contribution in [0.1, 0.15) is 36.7 Å². The Labute approximate surface area is 164 Å². The van der Waals surface area contributed by atoms with Gasteiger partial charge in [-0.25, -0.2) is 4.68 Å². The molecule has 6 nitrogen and oxygen atoms in total. The lowest BCUT2D eigenvalue weighted by molar-refractivity contribution is -0.123. The first kappa shape index (κ1) is 18.4. The molecule has 0 aliphatic heterocycles. The zero-order chi connectivity index (χ0) is 20.1. The molecule has 1 aliphatic carbocycles. The summed E-state index contributed by atoms with van der Waals surface area (Å²) in [5, 5.41) is 8.67. The van der Waals surface area contributed by atoms with Crippen LogP contribution in [-0.2, 0) is 11.5 Å². The number of amides is 1. The second-order valence-electron chi connectivity index (χ2n) is 8.38. The SMILES string of the molecule is CN(CC(=O)NC(C)(C)C)Cn1nc2c3c(cccc31)C(=O)c1ccccc1-2. The summed E-state index contributed by atoms with van der Waals surface area (Å²) in [6.07, 6.45) is 0. The summed E-state index contributed by atoms with van der Waals surface area (Å²) in [5.74, 6) is 0.00312. The van der Waals surface area contributed by atoms with E-state index < -0.39 is 0 Å². The van der Waals surface area contributed by atoms with Gasteiger partial charge in [0.1, 0.15) is 5.69 Å². The molecule has 0 saturated heterocycles. The van der Waals surface area contributed by atoms with Crippen molar-refractivity contribution in [1.82, 2.24) is 20.0 Å². The van der Waals surface area contributed by atoms with Crippen LogP contribution in [-0.4, -0.2) is 45.5 Å². The van der Waals surface area contributed by atoms with Crippen molar-refractivity contribution < 1.29 is 9.59 Å². The maximum absolute atomic E-state index is 12.9. The molecule has 28 heavy (non-hydrogen) atoms. The van der Waals surface area contributed by atoms with Crippen LogP contribution in [0.15, 0.2) is 42.5 Å². The lowest BCUT2D eigenvalue weighted by Crippen LogP contribution is -2.45. The third-order valence-electron chi connectivity index (χ3n) is 4.75. The lowest BCUT2D eigenvalue weighted by atomic mass is 9.87. The fraction of sp³-hybridized carbons (Fsp3) is 0.318. The minimum Gasteiger partial charge on any atom is -0.350 e. The Balaban J connectivity index is 1.69. The van der Waals surface area contributed by atoms with E-state index in [1.807, 2.05) is 79.9 Å². The summed E-state index contributed by atoms with van der Waals surface area (Å²) in [5.41, 5.74) is 3.70. The van der Waals surface area contributed by atoms with E-state index in [0.717, 1.165) is 22.2 Å². The van der Waals surface area contributed by atoms with Gasteiger partial charge in [0.15, 0.2) is 5.78 Å². The van der Waals surface area contributed by atoms with E-state index in [1.54, 1.807) is 0 Å². The van der Waals surface area contributed by atoms with Crippen LogP contribution in [0.25, 0.3) is 22.2 Å². The third-order valence-corrected chi connectivity index (χ3v) is 4.75. The highest BCUT2D eigenvalue weighted by molar-refractivity contribution is 6.25. The van der Waals surface area contributed by atoms with Crippen LogP contribution in [0.5, 0.6) is 0 Å². The summed E-state index contributed by atoms with van der Waals surface area (Å²) in [4.78, 5) is 27.0. The summed E-state index contributed by atoms with van der Waals surface area (Å²) >= 11 is 0. The van der Waals surface area contributed by atoms with E-state index in [1.165, 1.54) is 0 Å². The molecule has 0 bridgehead atoms. The van der Waals surface area contributed by atoms with Gasteiger partial charge in [-0.15, -0.1) is 0 Å². The smallest absolute Gasteiger partial charge is 0.234 e. The number of carbonyl (C=O) groups excluding carboxylic acids is 2. The van der Waals surface area contributed by atoms with E-state index in [-0.39, 0.29) is 23.8 Å². The van der Waals surface area contributed by atoms with Crippen molar-refractivity contribution in [3.8, 4) is 11.3 Å².